The van der Waals surface area contributed by atoms with Crippen LogP contribution in [-0.2, 0) is 13.7 Å². The Morgan fingerprint density at radius 3 is 0.828 bits per heavy atom. The predicted octanol–water partition coefficient (Wildman–Crippen LogP) is 6.96. The fourth-order valence-electron chi connectivity index (χ4n) is 6.91. The highest BCUT2D eigenvalue weighted by atomic mass is 31.2. The van der Waals surface area contributed by atoms with E-state index in [0.717, 1.165) is 21.5 Å². The van der Waals surface area contributed by atoms with Crippen LogP contribution in [-0.4, -0.2) is 49.3 Å². The molecule has 0 bridgehead atoms. The normalized spacial score (nSPS) is 12.5. The zero-order valence-corrected chi connectivity index (χ0v) is 32.5. The summed E-state index contributed by atoms with van der Waals surface area (Å²) in [6.45, 7) is 0. The highest BCUT2D eigenvalue weighted by Gasteiger charge is 2.22. The first-order valence-electron chi connectivity index (χ1n) is 17.5. The number of hydrogen-bond acceptors (Lipinski definition) is 7. The van der Waals surface area contributed by atoms with Crippen molar-refractivity contribution < 1.29 is 43.1 Å². The van der Waals surface area contributed by atoms with Gasteiger partial charge in [0.15, 0.2) is 0 Å². The van der Waals surface area contributed by atoms with Crippen molar-refractivity contribution in [1.29, 1.82) is 0 Å². The van der Waals surface area contributed by atoms with Gasteiger partial charge in [0.1, 0.15) is 0 Å². The number of fused-ring (bicyclic) bond motifs is 6. The van der Waals surface area contributed by atoms with E-state index < -0.39 is 22.8 Å². The highest BCUT2D eigenvalue weighted by molar-refractivity contribution is 7.60. The topological polar surface area (TPSA) is 224 Å². The highest BCUT2D eigenvalue weighted by Crippen LogP contribution is 2.39. The molecule has 9 aromatic rings. The second kappa shape index (κ2) is 13.9. The third-order valence-corrected chi connectivity index (χ3v) is 12.8. The summed E-state index contributed by atoms with van der Waals surface area (Å²) in [6, 6.07) is 38.7. The molecule has 13 nitrogen and oxygen atoms in total. The largest absolute Gasteiger partial charge is 0.356 e. The Hall–Kier alpha value is -5.81. The van der Waals surface area contributed by atoms with Crippen molar-refractivity contribution in [3.63, 3.8) is 0 Å². The van der Waals surface area contributed by atoms with Crippen molar-refractivity contribution in [3.8, 4) is 45.0 Å². The van der Waals surface area contributed by atoms with Gasteiger partial charge in [0.25, 0.3) is 0 Å². The number of nitrogens with zero attached hydrogens (tertiary/aromatic N) is 4. The summed E-state index contributed by atoms with van der Waals surface area (Å²) in [7, 11) is -13.6. The van der Waals surface area contributed by atoms with Crippen molar-refractivity contribution in [3.05, 3.63) is 140 Å². The maximum absolute atomic E-state index is 12.8. The van der Waals surface area contributed by atoms with Gasteiger partial charge in [-0.05, 0) is 66.7 Å². The maximum Gasteiger partial charge on any atom is 0.356 e. The zero-order valence-electron chi connectivity index (χ0n) is 29.8. The molecule has 0 aliphatic carbocycles. The molecule has 0 spiro atoms. The van der Waals surface area contributed by atoms with Crippen molar-refractivity contribution in [1.82, 2.24) is 19.9 Å². The van der Waals surface area contributed by atoms with Gasteiger partial charge in [0, 0.05) is 43.8 Å². The molecule has 0 saturated heterocycles. The zero-order chi connectivity index (χ0) is 40.6. The number of benzene rings is 5. The van der Waals surface area contributed by atoms with Crippen molar-refractivity contribution >= 4 is 82.3 Å². The molecular weight excluding hydrogens is 797 g/mol. The summed E-state index contributed by atoms with van der Waals surface area (Å²) in [5.74, 6) is 0. The summed E-state index contributed by atoms with van der Waals surface area (Å²) >= 11 is 0. The summed E-state index contributed by atoms with van der Waals surface area (Å²) in [6.07, 6.45) is 0. The van der Waals surface area contributed by atoms with Crippen LogP contribution >= 0.6 is 22.8 Å². The molecule has 0 fully saturated rings. The summed E-state index contributed by atoms with van der Waals surface area (Å²) in [4.78, 5) is 78.7. The Balaban J connectivity index is 1.16. The molecule has 5 aromatic carbocycles. The molecule has 0 saturated carbocycles. The first-order valence-corrected chi connectivity index (χ1v) is 22.4. The van der Waals surface area contributed by atoms with Gasteiger partial charge >= 0.3 is 22.8 Å². The lowest BCUT2D eigenvalue weighted by atomic mass is 10.0. The van der Waals surface area contributed by atoms with Crippen LogP contribution in [0.5, 0.6) is 0 Å². The molecule has 0 aliphatic heterocycles. The molecule has 4 aromatic heterocycles. The Morgan fingerprint density at radius 2 is 0.552 bits per heavy atom. The first kappa shape index (κ1) is 37.7. The van der Waals surface area contributed by atoms with Gasteiger partial charge in [-0.15, -0.1) is 0 Å². The Labute approximate surface area is 328 Å². The number of rotatable bonds is 7. The smallest absolute Gasteiger partial charge is 0.321 e. The van der Waals surface area contributed by atoms with Gasteiger partial charge in [-0.1, -0.05) is 72.8 Å². The number of hydrogen-bond donors (Lipinski definition) is 6. The number of aromatic nitrogens is 4. The Kier molecular flexibility index (Phi) is 9.07. The number of pyridine rings is 4. The van der Waals surface area contributed by atoms with Crippen LogP contribution in [0.4, 0.5) is 0 Å². The summed E-state index contributed by atoms with van der Waals surface area (Å²) in [5.41, 5.74) is 6.33. The van der Waals surface area contributed by atoms with Crippen LogP contribution in [0.25, 0.3) is 88.6 Å². The van der Waals surface area contributed by atoms with Gasteiger partial charge in [0.05, 0.1) is 60.8 Å². The quantitative estimate of drug-likeness (QED) is 0.0707. The van der Waals surface area contributed by atoms with Crippen LogP contribution in [0.3, 0.4) is 0 Å². The van der Waals surface area contributed by atoms with E-state index in [1.54, 1.807) is 42.5 Å². The predicted molar refractivity (Wildman–Crippen MR) is 224 cm³/mol. The molecule has 6 N–H and O–H groups in total. The molecule has 9 rings (SSSR count). The molecule has 0 amide bonds. The van der Waals surface area contributed by atoms with Gasteiger partial charge in [-0.2, -0.15) is 0 Å². The molecular formula is C42H29N4O9P3. The van der Waals surface area contributed by atoms with E-state index in [-0.39, 0.29) is 15.9 Å². The van der Waals surface area contributed by atoms with E-state index in [4.69, 9.17) is 19.9 Å². The molecule has 0 aliphatic rings. The lowest BCUT2D eigenvalue weighted by molar-refractivity contribution is 0.385. The second-order valence-electron chi connectivity index (χ2n) is 13.7. The molecule has 4 heterocycles. The third-order valence-electron chi connectivity index (χ3n) is 9.88. The minimum atomic E-state index is -4.77. The SMILES string of the molecule is O=P(O)(O)c1ccc(-c2ccc3ccc4ccc(-c5cc(-c6ccc7ccc8ccc(-c9ccc(P(=O)(O)O)cc9)nc8c7n6)cc(P(=O)(O)O)c5)nc4c3n2)cc1. The van der Waals surface area contributed by atoms with Crippen molar-refractivity contribution in [2.45, 2.75) is 0 Å². The monoisotopic (exact) mass is 826 g/mol. The molecule has 286 valence electrons. The Morgan fingerprint density at radius 1 is 0.293 bits per heavy atom. The van der Waals surface area contributed by atoms with E-state index in [1.165, 1.54) is 36.4 Å². The van der Waals surface area contributed by atoms with Crippen molar-refractivity contribution in [2.75, 3.05) is 0 Å². The van der Waals surface area contributed by atoms with Crippen LogP contribution < -0.4 is 15.9 Å². The third kappa shape index (κ3) is 7.16. The van der Waals surface area contributed by atoms with E-state index in [0.29, 0.717) is 67.1 Å². The average molecular weight is 827 g/mol. The fraction of sp³-hybridized carbons (Fsp3) is 0. The molecule has 0 atom stereocenters. The lowest BCUT2D eigenvalue weighted by Crippen LogP contribution is -2.06. The van der Waals surface area contributed by atoms with Crippen LogP contribution in [0.1, 0.15) is 0 Å². The van der Waals surface area contributed by atoms with Crippen LogP contribution in [0, 0.1) is 0 Å². The standard InChI is InChI=1S/C42H29N4O9P3/c47-56(48,49)32-13-5-24(6-14-32)35-17-9-26-1-3-28-11-19-37(45-41(28)39(26)43-35)30-21-31(23-34(22-30)58(53,54)55)38-20-12-29-4-2-27-10-18-36(44-40(27)42(29)46-38)25-7-15-33(16-8-25)57(50,51)52/h1-23H,(H2,47,48,49)(H2,50,51,52)(H2,53,54,55). The van der Waals surface area contributed by atoms with Crippen LogP contribution in [0.2, 0.25) is 0 Å². The van der Waals surface area contributed by atoms with Gasteiger partial charge in [-0.3, -0.25) is 13.7 Å². The van der Waals surface area contributed by atoms with Gasteiger partial charge < -0.3 is 29.4 Å². The molecule has 0 unspecified atom stereocenters. The van der Waals surface area contributed by atoms with E-state index in [1.807, 2.05) is 60.7 Å². The van der Waals surface area contributed by atoms with Crippen LogP contribution in [0.15, 0.2) is 140 Å². The van der Waals surface area contributed by atoms with Crippen molar-refractivity contribution in [2.24, 2.45) is 0 Å². The van der Waals surface area contributed by atoms with Gasteiger partial charge in [-0.25, -0.2) is 19.9 Å². The fourth-order valence-corrected chi connectivity index (χ4v) is 8.60. The molecule has 58 heavy (non-hydrogen) atoms. The first-order chi connectivity index (χ1) is 27.6. The summed E-state index contributed by atoms with van der Waals surface area (Å²) < 4.78 is 36.3. The van der Waals surface area contributed by atoms with E-state index in [9.17, 15) is 43.1 Å². The van der Waals surface area contributed by atoms with Gasteiger partial charge in [0.2, 0.25) is 0 Å². The second-order valence-corrected chi connectivity index (χ2v) is 18.5. The minimum absolute atomic E-state index is 0.102. The van der Waals surface area contributed by atoms with E-state index >= 15 is 0 Å². The molecule has 0 radical (unpaired) electrons. The molecule has 16 heteroatoms. The average Bonchev–Trinajstić information content (AvgIpc) is 3.21. The lowest BCUT2D eigenvalue weighted by Gasteiger charge is -2.13. The van der Waals surface area contributed by atoms with E-state index in [2.05, 4.69) is 0 Å². The minimum Gasteiger partial charge on any atom is -0.321 e. The summed E-state index contributed by atoms with van der Waals surface area (Å²) in [5, 5.41) is 2.70. The maximum atomic E-state index is 12.8. The Bertz CT molecular complexity index is 3090.